The van der Waals surface area contributed by atoms with Gasteiger partial charge in [-0.3, -0.25) is 0 Å². The van der Waals surface area contributed by atoms with E-state index in [9.17, 15) is 13.5 Å². The molecule has 1 aromatic rings. The maximum absolute atomic E-state index is 12.2. The van der Waals surface area contributed by atoms with Crippen LogP contribution in [0.4, 0.5) is 0 Å². The van der Waals surface area contributed by atoms with Gasteiger partial charge in [-0.2, -0.15) is 5.26 Å². The van der Waals surface area contributed by atoms with Gasteiger partial charge in [-0.1, -0.05) is 6.07 Å². The van der Waals surface area contributed by atoms with E-state index in [1.807, 2.05) is 6.07 Å². The van der Waals surface area contributed by atoms with Gasteiger partial charge in [0.1, 0.15) is 0 Å². The molecule has 0 fully saturated rings. The van der Waals surface area contributed by atoms with Crippen LogP contribution >= 0.6 is 0 Å². The molecular weight excluding hydrogens is 292 g/mol. The van der Waals surface area contributed by atoms with Gasteiger partial charge >= 0.3 is 0 Å². The fraction of sp³-hybridized carbons (Fsp3) is 0.500. The Morgan fingerprint density at radius 3 is 2.81 bits per heavy atom. The first kappa shape index (κ1) is 17.6. The van der Waals surface area contributed by atoms with Crippen LogP contribution in [0.1, 0.15) is 5.56 Å². The van der Waals surface area contributed by atoms with Crippen molar-refractivity contribution >= 4 is 9.84 Å². The van der Waals surface area contributed by atoms with E-state index in [1.54, 1.807) is 24.1 Å². The molecule has 0 aliphatic rings. The minimum atomic E-state index is -3.44. The van der Waals surface area contributed by atoms with E-state index in [2.05, 4.69) is 0 Å². The lowest BCUT2D eigenvalue weighted by Gasteiger charge is -2.19. The molecule has 1 atom stereocenters. The minimum absolute atomic E-state index is 0.0713. The van der Waals surface area contributed by atoms with Crippen molar-refractivity contribution in [2.24, 2.45) is 0 Å². The zero-order valence-corrected chi connectivity index (χ0v) is 13.0. The molecule has 0 bridgehead atoms. The van der Waals surface area contributed by atoms with Crippen LogP contribution in [-0.4, -0.2) is 64.1 Å². The lowest BCUT2D eigenvalue weighted by molar-refractivity contribution is 0.0444. The molecule has 0 aliphatic heterocycles. The number of aliphatic hydroxyl groups is 1. The normalized spacial score (nSPS) is 13.1. The van der Waals surface area contributed by atoms with Crippen molar-refractivity contribution in [3.63, 3.8) is 0 Å². The summed E-state index contributed by atoms with van der Waals surface area (Å²) in [5.74, 6) is -0.0713. The second-order valence-electron chi connectivity index (χ2n) is 4.83. The van der Waals surface area contributed by atoms with Crippen molar-refractivity contribution in [3.8, 4) is 6.07 Å². The standard InChI is InChI=1S/C14H20N2O4S/c1-16(10-13(17)11-20-2)6-7-21(18,19)14-5-3-4-12(8-14)9-15/h3-5,8,13,17H,6-7,10-11H2,1-2H3. The quantitative estimate of drug-likeness (QED) is 0.741. The summed E-state index contributed by atoms with van der Waals surface area (Å²) in [6.45, 7) is 0.836. The average molecular weight is 312 g/mol. The summed E-state index contributed by atoms with van der Waals surface area (Å²) in [6.07, 6.45) is -0.648. The van der Waals surface area contributed by atoms with Crippen molar-refractivity contribution < 1.29 is 18.3 Å². The lowest BCUT2D eigenvalue weighted by atomic mass is 10.2. The molecule has 1 aromatic carbocycles. The van der Waals surface area contributed by atoms with E-state index in [-0.39, 0.29) is 17.3 Å². The van der Waals surface area contributed by atoms with Crippen LogP contribution in [0.2, 0.25) is 0 Å². The Morgan fingerprint density at radius 1 is 1.48 bits per heavy atom. The number of ether oxygens (including phenoxy) is 1. The van der Waals surface area contributed by atoms with E-state index in [1.165, 1.54) is 19.2 Å². The number of sulfone groups is 1. The number of rotatable bonds is 8. The summed E-state index contributed by atoms with van der Waals surface area (Å²) in [5.41, 5.74) is 0.319. The van der Waals surface area contributed by atoms with E-state index in [4.69, 9.17) is 10.00 Å². The number of benzene rings is 1. The summed E-state index contributed by atoms with van der Waals surface area (Å²) in [7, 11) is -0.210. The van der Waals surface area contributed by atoms with E-state index in [0.29, 0.717) is 18.7 Å². The highest BCUT2D eigenvalue weighted by atomic mass is 32.2. The van der Waals surface area contributed by atoms with Crippen LogP contribution in [0.25, 0.3) is 0 Å². The first-order chi connectivity index (χ1) is 9.89. The van der Waals surface area contributed by atoms with Crippen molar-refractivity contribution in [1.82, 2.24) is 4.90 Å². The number of methoxy groups -OCH3 is 1. The molecule has 21 heavy (non-hydrogen) atoms. The summed E-state index contributed by atoms with van der Waals surface area (Å²) >= 11 is 0. The van der Waals surface area contributed by atoms with Gasteiger partial charge in [0.05, 0.1) is 35.0 Å². The molecule has 0 aliphatic carbocycles. The summed E-state index contributed by atoms with van der Waals surface area (Å²) < 4.78 is 29.2. The molecule has 1 unspecified atom stereocenters. The second kappa shape index (κ2) is 8.10. The Hall–Kier alpha value is -1.46. The van der Waals surface area contributed by atoms with E-state index in [0.717, 1.165) is 0 Å². The van der Waals surface area contributed by atoms with Gasteiger partial charge in [-0.25, -0.2) is 8.42 Å². The number of nitrogens with zero attached hydrogens (tertiary/aromatic N) is 2. The Balaban J connectivity index is 2.62. The van der Waals surface area contributed by atoms with Crippen molar-refractivity contribution in [3.05, 3.63) is 29.8 Å². The topological polar surface area (TPSA) is 90.6 Å². The monoisotopic (exact) mass is 312 g/mol. The van der Waals surface area contributed by atoms with Gasteiger partial charge in [0.25, 0.3) is 0 Å². The highest BCUT2D eigenvalue weighted by Gasteiger charge is 2.17. The molecular formula is C14H20N2O4S. The number of hydrogen-bond acceptors (Lipinski definition) is 6. The Bertz CT molecular complexity index is 595. The summed E-state index contributed by atoms with van der Waals surface area (Å²) in [5, 5.41) is 18.4. The third kappa shape index (κ3) is 5.81. The first-order valence-corrected chi connectivity index (χ1v) is 8.12. The molecule has 0 radical (unpaired) electrons. The zero-order valence-electron chi connectivity index (χ0n) is 12.2. The SMILES string of the molecule is COCC(O)CN(C)CCS(=O)(=O)c1cccc(C#N)c1. The molecule has 1 rings (SSSR count). The molecule has 0 heterocycles. The number of nitriles is 1. The molecule has 0 amide bonds. The van der Waals surface area contributed by atoms with Gasteiger partial charge in [0, 0.05) is 20.2 Å². The third-order valence-corrected chi connectivity index (χ3v) is 4.64. The van der Waals surface area contributed by atoms with Crippen LogP contribution in [0.5, 0.6) is 0 Å². The predicted octanol–water partition coefficient (Wildman–Crippen LogP) is 0.271. The van der Waals surface area contributed by atoms with Crippen molar-refractivity contribution in [2.75, 3.05) is 39.6 Å². The maximum Gasteiger partial charge on any atom is 0.179 e. The Labute approximate surface area is 125 Å². The number of likely N-dealkylation sites (N-methyl/N-ethyl adjacent to an activating group) is 1. The van der Waals surface area contributed by atoms with Crippen LogP contribution in [0.15, 0.2) is 29.2 Å². The first-order valence-electron chi connectivity index (χ1n) is 6.47. The second-order valence-corrected chi connectivity index (χ2v) is 6.94. The molecule has 1 N–H and O–H groups in total. The number of hydrogen-bond donors (Lipinski definition) is 1. The smallest absolute Gasteiger partial charge is 0.179 e. The highest BCUT2D eigenvalue weighted by Crippen LogP contribution is 2.13. The Kier molecular flexibility index (Phi) is 6.78. The molecule has 0 aromatic heterocycles. The molecule has 0 spiro atoms. The van der Waals surface area contributed by atoms with Gasteiger partial charge in [-0.05, 0) is 25.2 Å². The van der Waals surface area contributed by atoms with Crippen molar-refractivity contribution in [1.29, 1.82) is 5.26 Å². The van der Waals surface area contributed by atoms with Gasteiger partial charge in [0.15, 0.2) is 9.84 Å². The molecule has 6 nitrogen and oxygen atoms in total. The van der Waals surface area contributed by atoms with Crippen LogP contribution in [0.3, 0.4) is 0 Å². The molecule has 116 valence electrons. The summed E-state index contributed by atoms with van der Waals surface area (Å²) in [4.78, 5) is 1.88. The van der Waals surface area contributed by atoms with Crippen molar-refractivity contribution in [2.45, 2.75) is 11.0 Å². The zero-order chi connectivity index (χ0) is 15.9. The van der Waals surface area contributed by atoms with Gasteiger partial charge in [0.2, 0.25) is 0 Å². The van der Waals surface area contributed by atoms with Crippen LogP contribution < -0.4 is 0 Å². The maximum atomic E-state index is 12.2. The fourth-order valence-corrected chi connectivity index (χ4v) is 3.23. The van der Waals surface area contributed by atoms with Gasteiger partial charge < -0.3 is 14.7 Å². The van der Waals surface area contributed by atoms with E-state index < -0.39 is 15.9 Å². The molecule has 0 saturated carbocycles. The number of aliphatic hydroxyl groups excluding tert-OH is 1. The largest absolute Gasteiger partial charge is 0.389 e. The Morgan fingerprint density at radius 2 is 2.19 bits per heavy atom. The molecule has 0 saturated heterocycles. The predicted molar refractivity (Wildman–Crippen MR) is 78.6 cm³/mol. The minimum Gasteiger partial charge on any atom is -0.389 e. The average Bonchev–Trinajstić information content (AvgIpc) is 2.45. The van der Waals surface area contributed by atoms with Crippen LogP contribution in [-0.2, 0) is 14.6 Å². The van der Waals surface area contributed by atoms with Crippen LogP contribution in [0, 0.1) is 11.3 Å². The molecule has 7 heteroatoms. The summed E-state index contributed by atoms with van der Waals surface area (Å²) in [6, 6.07) is 7.89. The van der Waals surface area contributed by atoms with E-state index >= 15 is 0 Å². The van der Waals surface area contributed by atoms with Gasteiger partial charge in [-0.15, -0.1) is 0 Å². The fourth-order valence-electron chi connectivity index (χ4n) is 1.85. The lowest BCUT2D eigenvalue weighted by Crippen LogP contribution is -2.34. The highest BCUT2D eigenvalue weighted by molar-refractivity contribution is 7.91. The third-order valence-electron chi connectivity index (χ3n) is 2.95.